The van der Waals surface area contributed by atoms with Gasteiger partial charge < -0.3 is 10.6 Å². The number of halogens is 2. The molecule has 2 amide bonds. The summed E-state index contributed by atoms with van der Waals surface area (Å²) in [5.41, 5.74) is 3.62. The maximum atomic E-state index is 12.5. The van der Waals surface area contributed by atoms with Crippen molar-refractivity contribution >= 4 is 46.4 Å². The van der Waals surface area contributed by atoms with Gasteiger partial charge in [0.25, 0.3) is 5.91 Å². The number of benzene rings is 2. The number of para-hydroxylation sites is 1. The normalized spacial score (nSPS) is 10.7. The first-order valence-electron chi connectivity index (χ1n) is 8.79. The minimum Gasteiger partial charge on any atom is -0.324 e. The van der Waals surface area contributed by atoms with Gasteiger partial charge in [-0.15, -0.1) is 5.10 Å². The van der Waals surface area contributed by atoms with Gasteiger partial charge in [-0.1, -0.05) is 46.6 Å². The van der Waals surface area contributed by atoms with Crippen LogP contribution < -0.4 is 10.6 Å². The molecule has 0 saturated heterocycles. The molecule has 3 aromatic rings. The first-order valence-corrected chi connectivity index (χ1v) is 9.54. The van der Waals surface area contributed by atoms with Crippen LogP contribution >= 0.6 is 23.2 Å². The topological polar surface area (TPSA) is 88.9 Å². The van der Waals surface area contributed by atoms with Crippen LogP contribution in [0.3, 0.4) is 0 Å². The van der Waals surface area contributed by atoms with Crippen molar-refractivity contribution in [3.05, 3.63) is 69.0 Å². The van der Waals surface area contributed by atoms with Crippen LogP contribution in [0.15, 0.2) is 36.4 Å². The Morgan fingerprint density at radius 1 is 1.03 bits per heavy atom. The molecule has 2 N–H and O–H groups in total. The van der Waals surface area contributed by atoms with Gasteiger partial charge in [0, 0.05) is 10.7 Å². The van der Waals surface area contributed by atoms with Crippen molar-refractivity contribution in [2.45, 2.75) is 27.3 Å². The first-order chi connectivity index (χ1) is 13.8. The third-order valence-electron chi connectivity index (χ3n) is 4.41. The Morgan fingerprint density at radius 3 is 2.41 bits per heavy atom. The van der Waals surface area contributed by atoms with Crippen LogP contribution in [0.2, 0.25) is 10.0 Å². The van der Waals surface area contributed by atoms with Crippen LogP contribution in [0.5, 0.6) is 0 Å². The third-order valence-corrected chi connectivity index (χ3v) is 4.98. The average molecular weight is 432 g/mol. The van der Waals surface area contributed by atoms with Crippen LogP contribution in [0.1, 0.15) is 27.3 Å². The van der Waals surface area contributed by atoms with Gasteiger partial charge in [0.15, 0.2) is 5.69 Å². The molecule has 7 nitrogen and oxygen atoms in total. The first kappa shape index (κ1) is 20.8. The second-order valence-electron chi connectivity index (χ2n) is 6.57. The molecule has 0 fully saturated rings. The number of nitrogens with zero attached hydrogens (tertiary/aromatic N) is 3. The SMILES string of the molecule is Cc1cccc(C)c1NC(=O)Cn1nnc(C(=O)Nc2cc(Cl)ccc2Cl)c1C. The fraction of sp³-hybridized carbons (Fsp3) is 0.200. The van der Waals surface area contributed by atoms with Gasteiger partial charge in [-0.2, -0.15) is 0 Å². The number of hydrogen-bond acceptors (Lipinski definition) is 4. The molecular formula is C20H19Cl2N5O2. The van der Waals surface area contributed by atoms with E-state index in [0.29, 0.717) is 21.4 Å². The van der Waals surface area contributed by atoms with Gasteiger partial charge in [0.1, 0.15) is 6.54 Å². The molecule has 2 aromatic carbocycles. The number of aryl methyl sites for hydroxylation is 2. The molecule has 1 aromatic heterocycles. The second-order valence-corrected chi connectivity index (χ2v) is 7.42. The van der Waals surface area contributed by atoms with Crippen LogP contribution in [0.25, 0.3) is 0 Å². The molecule has 0 spiro atoms. The van der Waals surface area contributed by atoms with Crippen LogP contribution in [-0.2, 0) is 11.3 Å². The maximum Gasteiger partial charge on any atom is 0.278 e. The van der Waals surface area contributed by atoms with Crippen molar-refractivity contribution in [1.82, 2.24) is 15.0 Å². The minimum absolute atomic E-state index is 0.0716. The van der Waals surface area contributed by atoms with Crippen molar-refractivity contribution in [1.29, 1.82) is 0 Å². The van der Waals surface area contributed by atoms with Gasteiger partial charge in [0.05, 0.1) is 16.4 Å². The predicted octanol–water partition coefficient (Wildman–Crippen LogP) is 4.40. The number of nitrogens with one attached hydrogen (secondary N) is 2. The zero-order valence-corrected chi connectivity index (χ0v) is 17.6. The van der Waals surface area contributed by atoms with E-state index in [1.807, 2.05) is 32.0 Å². The highest BCUT2D eigenvalue weighted by Gasteiger charge is 2.19. The summed E-state index contributed by atoms with van der Waals surface area (Å²) in [6.45, 7) is 5.44. The maximum absolute atomic E-state index is 12.5. The van der Waals surface area contributed by atoms with E-state index in [2.05, 4.69) is 20.9 Å². The lowest BCUT2D eigenvalue weighted by Crippen LogP contribution is -2.21. The van der Waals surface area contributed by atoms with Gasteiger partial charge >= 0.3 is 0 Å². The molecule has 1 heterocycles. The van der Waals surface area contributed by atoms with E-state index in [1.165, 1.54) is 4.68 Å². The largest absolute Gasteiger partial charge is 0.324 e. The lowest BCUT2D eigenvalue weighted by atomic mass is 10.1. The van der Waals surface area contributed by atoms with Crippen molar-refractivity contribution in [3.63, 3.8) is 0 Å². The molecule has 0 aliphatic carbocycles. The Labute approximate surface area is 178 Å². The lowest BCUT2D eigenvalue weighted by Gasteiger charge is -2.11. The summed E-state index contributed by atoms with van der Waals surface area (Å²) in [6.07, 6.45) is 0. The molecule has 29 heavy (non-hydrogen) atoms. The smallest absolute Gasteiger partial charge is 0.278 e. The van der Waals surface area contributed by atoms with E-state index in [1.54, 1.807) is 25.1 Å². The zero-order valence-electron chi connectivity index (χ0n) is 16.1. The Kier molecular flexibility index (Phi) is 6.20. The predicted molar refractivity (Wildman–Crippen MR) is 114 cm³/mol. The highest BCUT2D eigenvalue weighted by Crippen LogP contribution is 2.26. The van der Waals surface area contributed by atoms with E-state index in [0.717, 1.165) is 16.8 Å². The highest BCUT2D eigenvalue weighted by atomic mass is 35.5. The fourth-order valence-corrected chi connectivity index (χ4v) is 3.16. The molecule has 0 bridgehead atoms. The second kappa shape index (κ2) is 8.63. The molecule has 0 aliphatic heterocycles. The molecule has 0 atom stereocenters. The van der Waals surface area contributed by atoms with Gasteiger partial charge in [0.2, 0.25) is 5.91 Å². The number of hydrogen-bond donors (Lipinski definition) is 2. The summed E-state index contributed by atoms with van der Waals surface area (Å²) in [5.74, 6) is -0.756. The fourth-order valence-electron chi connectivity index (χ4n) is 2.82. The Hall–Kier alpha value is -2.90. The van der Waals surface area contributed by atoms with E-state index in [9.17, 15) is 9.59 Å². The Bertz CT molecular complexity index is 1070. The lowest BCUT2D eigenvalue weighted by molar-refractivity contribution is -0.117. The number of carbonyl (C=O) groups is 2. The van der Waals surface area contributed by atoms with E-state index in [4.69, 9.17) is 23.2 Å². The summed E-state index contributed by atoms with van der Waals surface area (Å²) in [6, 6.07) is 10.5. The van der Waals surface area contributed by atoms with Crippen LogP contribution in [0.4, 0.5) is 11.4 Å². The number of rotatable bonds is 5. The quantitative estimate of drug-likeness (QED) is 0.626. The summed E-state index contributed by atoms with van der Waals surface area (Å²) in [5, 5.41) is 14.2. The number of anilines is 2. The molecular weight excluding hydrogens is 413 g/mol. The van der Waals surface area contributed by atoms with E-state index >= 15 is 0 Å². The zero-order chi connectivity index (χ0) is 21.1. The standard InChI is InChI=1S/C20H19Cl2N5O2/c1-11-5-4-6-12(2)18(11)24-17(28)10-27-13(3)19(25-26-27)20(29)23-16-9-14(21)7-8-15(16)22/h4-9H,10H2,1-3H3,(H,23,29)(H,24,28). The number of carbonyl (C=O) groups excluding carboxylic acids is 2. The average Bonchev–Trinajstić information content (AvgIpc) is 3.02. The van der Waals surface area contributed by atoms with Crippen molar-refractivity contribution in [2.24, 2.45) is 0 Å². The summed E-state index contributed by atoms with van der Waals surface area (Å²) in [4.78, 5) is 25.0. The van der Waals surface area contributed by atoms with E-state index in [-0.39, 0.29) is 18.1 Å². The summed E-state index contributed by atoms with van der Waals surface area (Å²) in [7, 11) is 0. The van der Waals surface area contributed by atoms with Crippen molar-refractivity contribution < 1.29 is 9.59 Å². The molecule has 0 saturated carbocycles. The molecule has 0 radical (unpaired) electrons. The summed E-state index contributed by atoms with van der Waals surface area (Å²) < 4.78 is 1.37. The highest BCUT2D eigenvalue weighted by molar-refractivity contribution is 6.35. The van der Waals surface area contributed by atoms with Crippen molar-refractivity contribution in [3.8, 4) is 0 Å². The Morgan fingerprint density at radius 2 is 1.72 bits per heavy atom. The number of amides is 2. The van der Waals surface area contributed by atoms with Gasteiger partial charge in [-0.3, -0.25) is 9.59 Å². The Balaban J connectivity index is 1.72. The van der Waals surface area contributed by atoms with E-state index < -0.39 is 5.91 Å². The van der Waals surface area contributed by atoms with Crippen LogP contribution in [0, 0.1) is 20.8 Å². The molecule has 0 aliphatic rings. The molecule has 150 valence electrons. The third kappa shape index (κ3) is 4.75. The number of aromatic nitrogens is 3. The molecule has 0 unspecified atom stereocenters. The van der Waals surface area contributed by atoms with Crippen molar-refractivity contribution in [2.75, 3.05) is 10.6 Å². The molecule has 3 rings (SSSR count). The van der Waals surface area contributed by atoms with Gasteiger partial charge in [-0.25, -0.2) is 4.68 Å². The molecule has 9 heteroatoms. The monoisotopic (exact) mass is 431 g/mol. The minimum atomic E-state index is -0.493. The summed E-state index contributed by atoms with van der Waals surface area (Å²) >= 11 is 12.0. The van der Waals surface area contributed by atoms with Crippen LogP contribution in [-0.4, -0.2) is 26.8 Å². The van der Waals surface area contributed by atoms with Gasteiger partial charge in [-0.05, 0) is 50.1 Å².